The van der Waals surface area contributed by atoms with Gasteiger partial charge in [-0.15, -0.1) is 0 Å². The highest BCUT2D eigenvalue weighted by Crippen LogP contribution is 2.29. The molecule has 2 unspecified atom stereocenters. The highest BCUT2D eigenvalue weighted by Gasteiger charge is 2.37. The van der Waals surface area contributed by atoms with Crippen LogP contribution in [-0.2, 0) is 22.5 Å². The van der Waals surface area contributed by atoms with Gasteiger partial charge in [-0.05, 0) is 43.0 Å². The molecular formula is C35H43N7O3. The van der Waals surface area contributed by atoms with E-state index < -0.39 is 0 Å². The first-order valence-electron chi connectivity index (χ1n) is 16.0. The summed E-state index contributed by atoms with van der Waals surface area (Å²) in [5.41, 5.74) is 4.28. The van der Waals surface area contributed by atoms with Crippen molar-refractivity contribution in [2.24, 2.45) is 5.92 Å². The van der Waals surface area contributed by atoms with Crippen molar-refractivity contribution in [3.8, 4) is 0 Å². The Labute approximate surface area is 265 Å². The first-order chi connectivity index (χ1) is 21.8. The average Bonchev–Trinajstić information content (AvgIpc) is 3.55. The summed E-state index contributed by atoms with van der Waals surface area (Å²) in [6.07, 6.45) is 11.0. The largest absolute Gasteiger partial charge is 0.369 e. The standard InChI is InChI=1S/C35H43N7O3/c1-24(33(43)40(2)3)15-28-18-37-35(38-31(28)16-25-9-7-8-10-25)39-32-14-13-27(17-36-32)34(44)42-22-29-20-41(21-30(23-42)45-29)19-26-11-5-4-6-12-26/h4-6,11-15,17-18,25,29-30H,7-10,16,19-23H2,1-3H3,(H,36,37,38,39)/b24-15+. The van der Waals surface area contributed by atoms with Gasteiger partial charge in [-0.25, -0.2) is 15.0 Å². The third-order valence-electron chi connectivity index (χ3n) is 8.92. The van der Waals surface area contributed by atoms with E-state index in [9.17, 15) is 9.59 Å². The van der Waals surface area contributed by atoms with Crippen LogP contribution < -0.4 is 5.32 Å². The summed E-state index contributed by atoms with van der Waals surface area (Å²) in [6.45, 7) is 5.46. The molecule has 3 fully saturated rings. The molecular weight excluding hydrogens is 566 g/mol. The molecule has 2 bridgehead atoms. The van der Waals surface area contributed by atoms with E-state index in [4.69, 9.17) is 9.72 Å². The van der Waals surface area contributed by atoms with Crippen molar-refractivity contribution in [1.82, 2.24) is 29.7 Å². The Morgan fingerprint density at radius 1 is 0.978 bits per heavy atom. The maximum Gasteiger partial charge on any atom is 0.255 e. The molecule has 1 saturated carbocycles. The number of hydrogen-bond acceptors (Lipinski definition) is 8. The topological polar surface area (TPSA) is 104 Å². The molecule has 1 aliphatic carbocycles. The van der Waals surface area contributed by atoms with Crippen LogP contribution in [0.4, 0.5) is 11.8 Å². The van der Waals surface area contributed by atoms with Crippen molar-refractivity contribution in [3.63, 3.8) is 0 Å². The molecule has 236 valence electrons. The van der Waals surface area contributed by atoms with Crippen LogP contribution in [0.3, 0.4) is 0 Å². The van der Waals surface area contributed by atoms with Gasteiger partial charge in [0, 0.05) is 70.3 Å². The quantitative estimate of drug-likeness (QED) is 0.352. The molecule has 3 aromatic rings. The Balaban J connectivity index is 1.10. The summed E-state index contributed by atoms with van der Waals surface area (Å²) in [5.74, 6) is 1.53. The molecule has 2 aromatic heterocycles. The van der Waals surface area contributed by atoms with Gasteiger partial charge in [0.05, 0.1) is 23.5 Å². The number of fused-ring (bicyclic) bond motifs is 2. The first kappa shape index (κ1) is 30.9. The second kappa shape index (κ2) is 13.9. The summed E-state index contributed by atoms with van der Waals surface area (Å²) < 4.78 is 6.20. The van der Waals surface area contributed by atoms with Gasteiger partial charge in [0.1, 0.15) is 5.82 Å². The Morgan fingerprint density at radius 2 is 1.71 bits per heavy atom. The van der Waals surface area contributed by atoms with E-state index in [1.54, 1.807) is 43.5 Å². The predicted octanol–water partition coefficient (Wildman–Crippen LogP) is 4.56. The normalized spacial score (nSPS) is 20.7. The molecule has 2 saturated heterocycles. The number of nitrogens with one attached hydrogen (secondary N) is 1. The fraction of sp³-hybridized carbons (Fsp3) is 0.457. The lowest BCUT2D eigenvalue weighted by atomic mass is 9.98. The third-order valence-corrected chi connectivity index (χ3v) is 8.92. The Morgan fingerprint density at radius 3 is 2.38 bits per heavy atom. The summed E-state index contributed by atoms with van der Waals surface area (Å²) in [7, 11) is 3.50. The van der Waals surface area contributed by atoms with Crippen LogP contribution in [0.1, 0.15) is 59.8 Å². The zero-order valence-electron chi connectivity index (χ0n) is 26.5. The Kier molecular flexibility index (Phi) is 9.51. The van der Waals surface area contributed by atoms with E-state index >= 15 is 0 Å². The number of nitrogens with zero attached hydrogens (tertiary/aromatic N) is 6. The van der Waals surface area contributed by atoms with Gasteiger partial charge >= 0.3 is 0 Å². The van der Waals surface area contributed by atoms with Gasteiger partial charge in [-0.1, -0.05) is 56.0 Å². The highest BCUT2D eigenvalue weighted by molar-refractivity contribution is 5.97. The van der Waals surface area contributed by atoms with Gasteiger partial charge in [0.15, 0.2) is 0 Å². The van der Waals surface area contributed by atoms with Crippen molar-refractivity contribution >= 4 is 29.7 Å². The fourth-order valence-corrected chi connectivity index (χ4v) is 6.71. The molecule has 2 amide bonds. The molecule has 0 radical (unpaired) electrons. The lowest BCUT2D eigenvalue weighted by Crippen LogP contribution is -2.60. The highest BCUT2D eigenvalue weighted by atomic mass is 16.5. The summed E-state index contributed by atoms with van der Waals surface area (Å²) in [6, 6.07) is 14.1. The number of aromatic nitrogens is 3. The monoisotopic (exact) mass is 609 g/mol. The number of ether oxygens (including phenoxy) is 1. The van der Waals surface area contributed by atoms with Gasteiger partial charge < -0.3 is 19.9 Å². The van der Waals surface area contributed by atoms with Crippen LogP contribution in [0.15, 0.2) is 60.4 Å². The number of amides is 2. The molecule has 1 aromatic carbocycles. The summed E-state index contributed by atoms with van der Waals surface area (Å²) in [5, 5.41) is 3.21. The van der Waals surface area contributed by atoms with E-state index in [-0.39, 0.29) is 24.0 Å². The van der Waals surface area contributed by atoms with E-state index in [0.29, 0.717) is 41.9 Å². The number of rotatable bonds is 9. The molecule has 0 spiro atoms. The van der Waals surface area contributed by atoms with Crippen LogP contribution in [0.25, 0.3) is 6.08 Å². The Hall–Kier alpha value is -4.15. The molecule has 4 heterocycles. The number of anilines is 2. The van der Waals surface area contributed by atoms with Crippen molar-refractivity contribution in [1.29, 1.82) is 0 Å². The van der Waals surface area contributed by atoms with Crippen LogP contribution in [0, 0.1) is 5.92 Å². The molecule has 6 rings (SSSR count). The maximum atomic E-state index is 13.4. The van der Waals surface area contributed by atoms with Gasteiger partial charge in [0.2, 0.25) is 11.9 Å². The number of benzene rings is 1. The molecule has 10 heteroatoms. The second-order valence-electron chi connectivity index (χ2n) is 12.8. The van der Waals surface area contributed by atoms with Crippen LogP contribution in [-0.4, -0.2) is 93.9 Å². The minimum atomic E-state index is -0.0341. The second-order valence-corrected chi connectivity index (χ2v) is 12.8. The maximum absolute atomic E-state index is 13.4. The van der Waals surface area contributed by atoms with Crippen molar-refractivity contribution < 1.29 is 14.3 Å². The van der Waals surface area contributed by atoms with E-state index in [0.717, 1.165) is 37.3 Å². The van der Waals surface area contributed by atoms with Crippen molar-refractivity contribution in [2.75, 3.05) is 45.6 Å². The van der Waals surface area contributed by atoms with E-state index in [1.807, 2.05) is 24.0 Å². The minimum Gasteiger partial charge on any atom is -0.369 e. The minimum absolute atomic E-state index is 0.00255. The van der Waals surface area contributed by atoms with Gasteiger partial charge in [-0.2, -0.15) is 0 Å². The smallest absolute Gasteiger partial charge is 0.255 e. The van der Waals surface area contributed by atoms with Crippen LogP contribution in [0.5, 0.6) is 0 Å². The number of carbonyl (C=O) groups excluding carboxylic acids is 2. The van der Waals surface area contributed by atoms with E-state index in [1.165, 1.54) is 31.2 Å². The number of hydrogen-bond donors (Lipinski definition) is 1. The fourth-order valence-electron chi connectivity index (χ4n) is 6.71. The molecule has 1 N–H and O–H groups in total. The average molecular weight is 610 g/mol. The molecule has 2 atom stereocenters. The zero-order chi connectivity index (χ0) is 31.3. The van der Waals surface area contributed by atoms with Crippen molar-refractivity contribution in [2.45, 2.75) is 57.8 Å². The lowest BCUT2D eigenvalue weighted by Gasteiger charge is -2.45. The number of morpholine rings is 2. The molecule has 3 aliphatic rings. The SMILES string of the molecule is C/C(=C\c1cnc(Nc2ccc(C(=O)N3CC4CN(Cc5ccccc5)CC(C3)O4)cn2)nc1CC1CCCC1)C(=O)N(C)C. The number of carbonyl (C=O) groups is 2. The number of pyridine rings is 1. The molecule has 45 heavy (non-hydrogen) atoms. The van der Waals surface area contributed by atoms with Gasteiger partial charge in [0.25, 0.3) is 5.91 Å². The summed E-state index contributed by atoms with van der Waals surface area (Å²) in [4.78, 5) is 45.7. The van der Waals surface area contributed by atoms with E-state index in [2.05, 4.69) is 44.5 Å². The first-order valence-corrected chi connectivity index (χ1v) is 16.0. The van der Waals surface area contributed by atoms with Crippen LogP contribution >= 0.6 is 0 Å². The summed E-state index contributed by atoms with van der Waals surface area (Å²) >= 11 is 0. The zero-order valence-corrected chi connectivity index (χ0v) is 26.5. The predicted molar refractivity (Wildman–Crippen MR) is 174 cm³/mol. The van der Waals surface area contributed by atoms with Crippen molar-refractivity contribution in [3.05, 3.63) is 82.8 Å². The molecule has 10 nitrogen and oxygen atoms in total. The molecule has 2 aliphatic heterocycles. The third kappa shape index (κ3) is 7.75. The Bertz CT molecular complexity index is 1510. The number of likely N-dealkylation sites (N-methyl/N-ethyl adjacent to an activating group) is 1. The van der Waals surface area contributed by atoms with Gasteiger partial charge in [-0.3, -0.25) is 14.5 Å². The van der Waals surface area contributed by atoms with Crippen LogP contribution in [0.2, 0.25) is 0 Å². The lowest BCUT2D eigenvalue weighted by molar-refractivity contribution is -0.131.